The summed E-state index contributed by atoms with van der Waals surface area (Å²) in [6.07, 6.45) is 1.11. The highest BCUT2D eigenvalue weighted by molar-refractivity contribution is 5.18. The third-order valence-electron chi connectivity index (χ3n) is 2.71. The molecule has 0 spiro atoms. The van der Waals surface area contributed by atoms with Crippen LogP contribution in [-0.4, -0.2) is 24.3 Å². The Morgan fingerprint density at radius 1 is 1.20 bits per heavy atom. The highest BCUT2D eigenvalue weighted by Gasteiger charge is 2.05. The van der Waals surface area contributed by atoms with Gasteiger partial charge in [0.05, 0.1) is 6.61 Å². The van der Waals surface area contributed by atoms with Crippen LogP contribution < -0.4 is 5.32 Å². The largest absolute Gasteiger partial charge is 0.395 e. The number of aliphatic hydroxyl groups is 1. The first-order valence-corrected chi connectivity index (χ1v) is 5.63. The summed E-state index contributed by atoms with van der Waals surface area (Å²) in [6.45, 7) is 5.39. The molecule has 0 radical (unpaired) electrons. The molecule has 0 amide bonds. The molecule has 2 atom stereocenters. The molecule has 2 unspecified atom stereocenters. The second kappa shape index (κ2) is 6.59. The minimum absolute atomic E-state index is 0.202. The molecule has 2 heteroatoms. The molecular formula is C13H21NO. The van der Waals surface area contributed by atoms with Crippen molar-refractivity contribution < 1.29 is 5.11 Å². The maximum Gasteiger partial charge on any atom is 0.0581 e. The molecule has 15 heavy (non-hydrogen) atoms. The molecule has 0 aliphatic rings. The first kappa shape index (κ1) is 12.2. The summed E-state index contributed by atoms with van der Waals surface area (Å²) in [6, 6.07) is 10.7. The van der Waals surface area contributed by atoms with E-state index in [9.17, 15) is 0 Å². The molecule has 0 heterocycles. The molecule has 2 N–H and O–H groups in total. The Morgan fingerprint density at radius 2 is 1.87 bits per heavy atom. The van der Waals surface area contributed by atoms with Crippen molar-refractivity contribution in [1.29, 1.82) is 0 Å². The summed E-state index contributed by atoms with van der Waals surface area (Å²) in [7, 11) is 0. The zero-order valence-corrected chi connectivity index (χ0v) is 9.61. The molecule has 1 rings (SSSR count). The smallest absolute Gasteiger partial charge is 0.0581 e. The summed E-state index contributed by atoms with van der Waals surface area (Å²) < 4.78 is 0. The Kier molecular flexibility index (Phi) is 5.37. The molecule has 2 nitrogen and oxygen atoms in total. The third kappa shape index (κ3) is 4.45. The lowest BCUT2D eigenvalue weighted by Gasteiger charge is -2.14. The maximum atomic E-state index is 8.85. The SMILES string of the molecule is CC(CO)NCCC(C)c1ccccc1. The van der Waals surface area contributed by atoms with Crippen LogP contribution in [0, 0.1) is 0 Å². The number of nitrogens with one attached hydrogen (secondary N) is 1. The van der Waals surface area contributed by atoms with Crippen molar-refractivity contribution in [3.05, 3.63) is 35.9 Å². The van der Waals surface area contributed by atoms with Crippen molar-refractivity contribution in [2.75, 3.05) is 13.2 Å². The molecule has 0 aliphatic carbocycles. The predicted octanol–water partition coefficient (Wildman–Crippen LogP) is 2.15. The summed E-state index contributed by atoms with van der Waals surface area (Å²) in [5.41, 5.74) is 1.39. The number of hydrogen-bond acceptors (Lipinski definition) is 2. The molecule has 0 saturated heterocycles. The molecule has 0 saturated carbocycles. The lowest BCUT2D eigenvalue weighted by atomic mass is 9.98. The van der Waals surface area contributed by atoms with Crippen LogP contribution in [0.4, 0.5) is 0 Å². The normalized spacial score (nSPS) is 14.9. The quantitative estimate of drug-likeness (QED) is 0.749. The Hall–Kier alpha value is -0.860. The van der Waals surface area contributed by atoms with E-state index in [2.05, 4.69) is 36.5 Å². The second-order valence-electron chi connectivity index (χ2n) is 4.14. The Morgan fingerprint density at radius 3 is 2.47 bits per heavy atom. The van der Waals surface area contributed by atoms with Crippen LogP contribution in [0.25, 0.3) is 0 Å². The van der Waals surface area contributed by atoms with Gasteiger partial charge in [0.2, 0.25) is 0 Å². The summed E-state index contributed by atoms with van der Waals surface area (Å²) in [4.78, 5) is 0. The Balaban J connectivity index is 2.28. The molecule has 84 valence electrons. The molecule has 0 aliphatic heterocycles. The molecule has 0 bridgehead atoms. The van der Waals surface area contributed by atoms with Crippen molar-refractivity contribution in [1.82, 2.24) is 5.32 Å². The van der Waals surface area contributed by atoms with Crippen LogP contribution in [-0.2, 0) is 0 Å². The van der Waals surface area contributed by atoms with Gasteiger partial charge in [0, 0.05) is 6.04 Å². The number of benzene rings is 1. The highest BCUT2D eigenvalue weighted by Crippen LogP contribution is 2.17. The highest BCUT2D eigenvalue weighted by atomic mass is 16.3. The van der Waals surface area contributed by atoms with Crippen LogP contribution in [0.1, 0.15) is 31.7 Å². The van der Waals surface area contributed by atoms with Gasteiger partial charge in [-0.25, -0.2) is 0 Å². The Labute approximate surface area is 92.3 Å². The van der Waals surface area contributed by atoms with Gasteiger partial charge in [-0.15, -0.1) is 0 Å². The Bertz CT molecular complexity index is 260. The molecular weight excluding hydrogens is 186 g/mol. The minimum Gasteiger partial charge on any atom is -0.395 e. The number of rotatable bonds is 6. The molecule has 0 fully saturated rings. The number of aliphatic hydroxyl groups excluding tert-OH is 1. The summed E-state index contributed by atoms with van der Waals surface area (Å²) in [5, 5.41) is 12.1. The van der Waals surface area contributed by atoms with Gasteiger partial charge in [0.25, 0.3) is 0 Å². The van der Waals surface area contributed by atoms with Gasteiger partial charge in [0.1, 0.15) is 0 Å². The lowest BCUT2D eigenvalue weighted by Crippen LogP contribution is -2.30. The molecule has 1 aromatic rings. The average Bonchev–Trinajstić information content (AvgIpc) is 2.29. The molecule has 1 aromatic carbocycles. The van der Waals surface area contributed by atoms with Crippen LogP contribution in [0.3, 0.4) is 0 Å². The van der Waals surface area contributed by atoms with Gasteiger partial charge in [-0.05, 0) is 31.4 Å². The van der Waals surface area contributed by atoms with Gasteiger partial charge in [-0.1, -0.05) is 37.3 Å². The third-order valence-corrected chi connectivity index (χ3v) is 2.71. The van der Waals surface area contributed by atoms with Gasteiger partial charge >= 0.3 is 0 Å². The first-order chi connectivity index (χ1) is 7.24. The zero-order chi connectivity index (χ0) is 11.1. The van der Waals surface area contributed by atoms with Crippen LogP contribution in [0.15, 0.2) is 30.3 Å². The van der Waals surface area contributed by atoms with E-state index in [4.69, 9.17) is 5.11 Å². The van der Waals surface area contributed by atoms with E-state index in [0.717, 1.165) is 13.0 Å². The maximum absolute atomic E-state index is 8.85. The average molecular weight is 207 g/mol. The van der Waals surface area contributed by atoms with Crippen molar-refractivity contribution in [3.63, 3.8) is 0 Å². The predicted molar refractivity (Wildman–Crippen MR) is 64.0 cm³/mol. The topological polar surface area (TPSA) is 32.3 Å². The van der Waals surface area contributed by atoms with Crippen molar-refractivity contribution in [2.45, 2.75) is 32.2 Å². The van der Waals surface area contributed by atoms with Crippen LogP contribution in [0.5, 0.6) is 0 Å². The summed E-state index contributed by atoms with van der Waals surface area (Å²) >= 11 is 0. The van der Waals surface area contributed by atoms with Crippen molar-refractivity contribution in [3.8, 4) is 0 Å². The van der Waals surface area contributed by atoms with E-state index >= 15 is 0 Å². The van der Waals surface area contributed by atoms with Gasteiger partial charge in [0.15, 0.2) is 0 Å². The second-order valence-corrected chi connectivity index (χ2v) is 4.14. The van der Waals surface area contributed by atoms with E-state index < -0.39 is 0 Å². The van der Waals surface area contributed by atoms with E-state index in [1.54, 1.807) is 0 Å². The van der Waals surface area contributed by atoms with Crippen LogP contribution in [0.2, 0.25) is 0 Å². The van der Waals surface area contributed by atoms with Gasteiger partial charge in [-0.2, -0.15) is 0 Å². The standard InChI is InChI=1S/C13H21NO/c1-11(8-9-14-12(2)10-15)13-6-4-3-5-7-13/h3-7,11-12,14-15H,8-10H2,1-2H3. The van der Waals surface area contributed by atoms with E-state index in [-0.39, 0.29) is 12.6 Å². The number of hydrogen-bond donors (Lipinski definition) is 2. The van der Waals surface area contributed by atoms with Crippen molar-refractivity contribution in [2.24, 2.45) is 0 Å². The van der Waals surface area contributed by atoms with Gasteiger partial charge in [-0.3, -0.25) is 0 Å². The fourth-order valence-electron chi connectivity index (χ4n) is 1.56. The monoisotopic (exact) mass is 207 g/mol. The molecule has 0 aromatic heterocycles. The van der Waals surface area contributed by atoms with E-state index in [0.29, 0.717) is 5.92 Å². The van der Waals surface area contributed by atoms with E-state index in [1.807, 2.05) is 13.0 Å². The minimum atomic E-state index is 0.202. The van der Waals surface area contributed by atoms with Gasteiger partial charge < -0.3 is 10.4 Å². The fourth-order valence-corrected chi connectivity index (χ4v) is 1.56. The zero-order valence-electron chi connectivity index (χ0n) is 9.61. The van der Waals surface area contributed by atoms with E-state index in [1.165, 1.54) is 5.56 Å². The summed E-state index contributed by atoms with van der Waals surface area (Å²) in [5.74, 6) is 0.574. The fraction of sp³-hybridized carbons (Fsp3) is 0.538. The van der Waals surface area contributed by atoms with Crippen molar-refractivity contribution >= 4 is 0 Å². The lowest BCUT2D eigenvalue weighted by molar-refractivity contribution is 0.251. The van der Waals surface area contributed by atoms with Crippen LogP contribution >= 0.6 is 0 Å². The first-order valence-electron chi connectivity index (χ1n) is 5.63.